The first kappa shape index (κ1) is 12.0. The highest BCUT2D eigenvalue weighted by atomic mass is 16.5. The summed E-state index contributed by atoms with van der Waals surface area (Å²) in [4.78, 5) is 10.8. The van der Waals surface area contributed by atoms with Crippen LogP contribution in [0.25, 0.3) is 0 Å². The van der Waals surface area contributed by atoms with E-state index in [4.69, 9.17) is 10.6 Å². The summed E-state index contributed by atoms with van der Waals surface area (Å²) in [6, 6.07) is 6.77. The molecule has 2 amide bonds. The Hall–Kier alpha value is -2.08. The number of nitrogens with one attached hydrogen (secondary N) is 2. The van der Waals surface area contributed by atoms with Crippen molar-refractivity contribution in [2.75, 3.05) is 7.11 Å². The third-order valence-electron chi connectivity index (χ3n) is 1.96. The standard InChI is InChI=1S/C10H14N4O2/c1-7(13-14-10(15)12-11)8-3-5-9(16-2)6-4-8/h3-6H,11H2,1-2H3,(H2,12,14,15). The minimum Gasteiger partial charge on any atom is -0.497 e. The minimum atomic E-state index is -0.562. The second-order valence-corrected chi connectivity index (χ2v) is 3.01. The maximum Gasteiger partial charge on any atom is 0.349 e. The normalized spacial score (nSPS) is 10.8. The number of hydrogen-bond acceptors (Lipinski definition) is 4. The second-order valence-electron chi connectivity index (χ2n) is 3.01. The first-order valence-electron chi connectivity index (χ1n) is 4.62. The number of carbonyl (C=O) groups is 1. The van der Waals surface area contributed by atoms with Crippen LogP contribution in [0, 0.1) is 0 Å². The highest BCUT2D eigenvalue weighted by molar-refractivity contribution is 5.99. The van der Waals surface area contributed by atoms with Gasteiger partial charge in [-0.25, -0.2) is 16.1 Å². The van der Waals surface area contributed by atoms with Crippen LogP contribution in [-0.2, 0) is 0 Å². The summed E-state index contributed by atoms with van der Waals surface area (Å²) in [5.74, 6) is 5.65. The van der Waals surface area contributed by atoms with Gasteiger partial charge in [0.15, 0.2) is 0 Å². The zero-order valence-electron chi connectivity index (χ0n) is 9.15. The molecule has 0 spiro atoms. The molecule has 16 heavy (non-hydrogen) atoms. The van der Waals surface area contributed by atoms with Gasteiger partial charge >= 0.3 is 6.03 Å². The number of nitrogens with two attached hydrogens (primary N) is 1. The van der Waals surface area contributed by atoms with E-state index >= 15 is 0 Å². The van der Waals surface area contributed by atoms with Crippen molar-refractivity contribution in [1.82, 2.24) is 10.9 Å². The van der Waals surface area contributed by atoms with Gasteiger partial charge in [-0.05, 0) is 36.8 Å². The quantitative estimate of drug-likeness (QED) is 0.303. The van der Waals surface area contributed by atoms with Gasteiger partial charge in [-0.15, -0.1) is 0 Å². The molecule has 0 aliphatic carbocycles. The molecule has 0 aromatic heterocycles. The molecule has 4 N–H and O–H groups in total. The lowest BCUT2D eigenvalue weighted by molar-refractivity contribution is 0.241. The zero-order valence-corrected chi connectivity index (χ0v) is 9.15. The van der Waals surface area contributed by atoms with E-state index < -0.39 is 6.03 Å². The topological polar surface area (TPSA) is 88.7 Å². The number of rotatable bonds is 3. The summed E-state index contributed by atoms with van der Waals surface area (Å²) in [6.45, 7) is 1.78. The van der Waals surface area contributed by atoms with Gasteiger partial charge in [0, 0.05) is 0 Å². The van der Waals surface area contributed by atoms with Crippen molar-refractivity contribution in [3.05, 3.63) is 29.8 Å². The van der Waals surface area contributed by atoms with Crippen LogP contribution in [0.2, 0.25) is 0 Å². The molecule has 0 fully saturated rings. The molecule has 86 valence electrons. The maximum atomic E-state index is 10.8. The first-order valence-corrected chi connectivity index (χ1v) is 4.62. The Morgan fingerprint density at radius 3 is 2.50 bits per heavy atom. The number of carbonyl (C=O) groups excluding carboxylic acids is 1. The predicted molar refractivity (Wildman–Crippen MR) is 61.1 cm³/mol. The number of urea groups is 1. The number of benzene rings is 1. The molecule has 6 heteroatoms. The third-order valence-corrected chi connectivity index (χ3v) is 1.96. The SMILES string of the molecule is COc1ccc(C(C)=NNC(=O)NN)cc1. The number of amides is 2. The molecule has 0 saturated heterocycles. The summed E-state index contributed by atoms with van der Waals surface area (Å²) in [5, 5.41) is 3.85. The highest BCUT2D eigenvalue weighted by Gasteiger charge is 1.99. The molecule has 6 nitrogen and oxygen atoms in total. The van der Waals surface area contributed by atoms with Crippen molar-refractivity contribution in [1.29, 1.82) is 0 Å². The molecule has 1 aromatic rings. The molecule has 0 aliphatic heterocycles. The fourth-order valence-corrected chi connectivity index (χ4v) is 1.06. The molecular formula is C10H14N4O2. The van der Waals surface area contributed by atoms with Gasteiger partial charge in [0.25, 0.3) is 0 Å². The molecule has 0 heterocycles. The van der Waals surface area contributed by atoms with Crippen LogP contribution in [0.15, 0.2) is 29.4 Å². The van der Waals surface area contributed by atoms with E-state index in [-0.39, 0.29) is 0 Å². The Kier molecular flexibility index (Phi) is 4.28. The van der Waals surface area contributed by atoms with Crippen molar-refractivity contribution in [3.8, 4) is 5.75 Å². The van der Waals surface area contributed by atoms with E-state index in [2.05, 4.69) is 10.5 Å². The Morgan fingerprint density at radius 1 is 1.38 bits per heavy atom. The number of nitrogens with zero attached hydrogens (tertiary/aromatic N) is 1. The van der Waals surface area contributed by atoms with Crippen molar-refractivity contribution in [2.24, 2.45) is 10.9 Å². The molecule has 1 aromatic carbocycles. The fourth-order valence-electron chi connectivity index (χ4n) is 1.06. The summed E-state index contributed by atoms with van der Waals surface area (Å²) in [7, 11) is 1.60. The van der Waals surface area contributed by atoms with Gasteiger partial charge < -0.3 is 4.74 Å². The monoisotopic (exact) mass is 222 g/mol. The van der Waals surface area contributed by atoms with Crippen LogP contribution in [-0.4, -0.2) is 18.9 Å². The number of ether oxygens (including phenoxy) is 1. The molecule has 1 rings (SSSR count). The minimum absolute atomic E-state index is 0.562. The second kappa shape index (κ2) is 5.72. The average Bonchev–Trinajstić information content (AvgIpc) is 2.35. The van der Waals surface area contributed by atoms with Gasteiger partial charge in [-0.2, -0.15) is 5.10 Å². The molecule has 0 bridgehead atoms. The Morgan fingerprint density at radius 2 is 2.00 bits per heavy atom. The van der Waals surface area contributed by atoms with E-state index in [1.54, 1.807) is 14.0 Å². The fraction of sp³-hybridized carbons (Fsp3) is 0.200. The Balaban J connectivity index is 2.71. The smallest absolute Gasteiger partial charge is 0.349 e. The van der Waals surface area contributed by atoms with Gasteiger partial charge in [-0.1, -0.05) is 0 Å². The van der Waals surface area contributed by atoms with Gasteiger partial charge in [0.1, 0.15) is 5.75 Å². The van der Waals surface area contributed by atoms with Crippen LogP contribution < -0.4 is 21.4 Å². The number of hydrazone groups is 1. The maximum absolute atomic E-state index is 10.8. The van der Waals surface area contributed by atoms with Crippen LogP contribution >= 0.6 is 0 Å². The lowest BCUT2D eigenvalue weighted by Gasteiger charge is -2.03. The van der Waals surface area contributed by atoms with E-state index in [9.17, 15) is 4.79 Å². The summed E-state index contributed by atoms with van der Waals surface area (Å²) in [6.07, 6.45) is 0. The van der Waals surface area contributed by atoms with E-state index in [0.717, 1.165) is 11.3 Å². The van der Waals surface area contributed by atoms with E-state index in [1.165, 1.54) is 0 Å². The number of hydrazine groups is 1. The molecule has 0 radical (unpaired) electrons. The van der Waals surface area contributed by atoms with Crippen LogP contribution in [0.5, 0.6) is 5.75 Å². The first-order chi connectivity index (χ1) is 7.67. The van der Waals surface area contributed by atoms with Crippen LogP contribution in [0.1, 0.15) is 12.5 Å². The summed E-state index contributed by atoms with van der Waals surface area (Å²) >= 11 is 0. The van der Waals surface area contributed by atoms with Gasteiger partial charge in [-0.3, -0.25) is 5.43 Å². The van der Waals surface area contributed by atoms with E-state index in [1.807, 2.05) is 29.7 Å². The molecular weight excluding hydrogens is 208 g/mol. The lowest BCUT2D eigenvalue weighted by Crippen LogP contribution is -2.37. The molecule has 0 aliphatic rings. The van der Waals surface area contributed by atoms with Crippen LogP contribution in [0.3, 0.4) is 0 Å². The van der Waals surface area contributed by atoms with Crippen LogP contribution in [0.4, 0.5) is 4.79 Å². The average molecular weight is 222 g/mol. The number of hydrogen-bond donors (Lipinski definition) is 3. The molecule has 0 unspecified atom stereocenters. The predicted octanol–water partition coefficient (Wildman–Crippen LogP) is 0.592. The van der Waals surface area contributed by atoms with Crippen molar-refractivity contribution in [3.63, 3.8) is 0 Å². The highest BCUT2D eigenvalue weighted by Crippen LogP contribution is 2.11. The van der Waals surface area contributed by atoms with Crippen molar-refractivity contribution in [2.45, 2.75) is 6.92 Å². The molecule has 0 saturated carbocycles. The van der Waals surface area contributed by atoms with Crippen molar-refractivity contribution >= 4 is 11.7 Å². The summed E-state index contributed by atoms with van der Waals surface area (Å²) in [5.41, 5.74) is 5.71. The molecule has 0 atom stereocenters. The lowest BCUT2D eigenvalue weighted by atomic mass is 10.1. The van der Waals surface area contributed by atoms with Gasteiger partial charge in [0.2, 0.25) is 0 Å². The van der Waals surface area contributed by atoms with E-state index in [0.29, 0.717) is 5.71 Å². The Labute approximate surface area is 93.4 Å². The van der Waals surface area contributed by atoms with Gasteiger partial charge in [0.05, 0.1) is 12.8 Å². The third kappa shape index (κ3) is 3.25. The largest absolute Gasteiger partial charge is 0.497 e. The van der Waals surface area contributed by atoms with Crippen molar-refractivity contribution < 1.29 is 9.53 Å². The zero-order chi connectivity index (χ0) is 12.0. The Bertz CT molecular complexity index is 386. The summed E-state index contributed by atoms with van der Waals surface area (Å²) < 4.78 is 5.03. The number of methoxy groups -OCH3 is 1.